The summed E-state index contributed by atoms with van der Waals surface area (Å²) in [5.74, 6) is 0. The molecule has 0 atom stereocenters. The first-order valence-corrected chi connectivity index (χ1v) is 4.81. The summed E-state index contributed by atoms with van der Waals surface area (Å²) >= 11 is 5.67. The minimum atomic E-state index is -4.67. The molecule has 0 N–H and O–H groups in total. The van der Waals surface area contributed by atoms with Crippen LogP contribution >= 0.6 is 11.6 Å². The van der Waals surface area contributed by atoms with E-state index in [1.165, 1.54) is 6.07 Å². The van der Waals surface area contributed by atoms with Gasteiger partial charge in [0.15, 0.2) is 16.5 Å². The van der Waals surface area contributed by atoms with Crippen LogP contribution in [0, 0.1) is 6.92 Å². The largest absolute Gasteiger partial charge is 0.433 e. The Morgan fingerprint density at radius 2 is 2.00 bits per heavy atom. The van der Waals surface area contributed by atoms with E-state index >= 15 is 0 Å². The maximum Gasteiger partial charge on any atom is 0.433 e. The highest BCUT2D eigenvalue weighted by Gasteiger charge is 2.33. The molecule has 17 heavy (non-hydrogen) atoms. The van der Waals surface area contributed by atoms with Gasteiger partial charge in [-0.1, -0.05) is 11.6 Å². The molecule has 0 unspecified atom stereocenters. The van der Waals surface area contributed by atoms with Gasteiger partial charge in [0, 0.05) is 6.07 Å². The van der Waals surface area contributed by atoms with Gasteiger partial charge in [-0.3, -0.25) is 4.79 Å². The van der Waals surface area contributed by atoms with E-state index in [-0.39, 0.29) is 10.8 Å². The first-order chi connectivity index (χ1) is 7.79. The van der Waals surface area contributed by atoms with Crippen LogP contribution in [-0.4, -0.2) is 14.6 Å². The van der Waals surface area contributed by atoms with Gasteiger partial charge in [0.25, 0.3) is 5.56 Å². The van der Waals surface area contributed by atoms with Crippen molar-refractivity contribution in [1.29, 1.82) is 0 Å². The van der Waals surface area contributed by atoms with Crippen LogP contribution in [0.15, 0.2) is 16.9 Å². The van der Waals surface area contributed by atoms with E-state index in [1.54, 1.807) is 6.92 Å². The van der Waals surface area contributed by atoms with Crippen molar-refractivity contribution in [3.63, 3.8) is 0 Å². The Morgan fingerprint density at radius 3 is 2.59 bits per heavy atom. The van der Waals surface area contributed by atoms with Crippen molar-refractivity contribution < 1.29 is 13.2 Å². The Balaban J connectivity index is 2.83. The van der Waals surface area contributed by atoms with E-state index in [0.717, 1.165) is 4.52 Å². The number of aromatic nitrogens is 3. The Kier molecular flexibility index (Phi) is 2.57. The average molecular weight is 264 g/mol. The van der Waals surface area contributed by atoms with E-state index < -0.39 is 17.4 Å². The van der Waals surface area contributed by atoms with E-state index in [2.05, 4.69) is 10.1 Å². The standard InChI is InChI=1S/C9H5ClF3N3O/c1-4-2-6-14-5(9(11,12)13)3-7(17)16(6)15-8(4)10/h2-3H,1H3. The van der Waals surface area contributed by atoms with Gasteiger partial charge in [-0.2, -0.15) is 22.8 Å². The fourth-order valence-corrected chi connectivity index (χ4v) is 1.38. The molecule has 2 aromatic heterocycles. The summed E-state index contributed by atoms with van der Waals surface area (Å²) in [6.07, 6.45) is -4.67. The lowest BCUT2D eigenvalue weighted by Crippen LogP contribution is -2.22. The minimum Gasteiger partial charge on any atom is -0.267 e. The third-order valence-corrected chi connectivity index (χ3v) is 2.44. The average Bonchev–Trinajstić information content (AvgIpc) is 2.19. The summed E-state index contributed by atoms with van der Waals surface area (Å²) in [7, 11) is 0. The van der Waals surface area contributed by atoms with Crippen LogP contribution in [0.2, 0.25) is 5.15 Å². The lowest BCUT2D eigenvalue weighted by molar-refractivity contribution is -0.141. The normalized spacial score (nSPS) is 12.1. The minimum absolute atomic E-state index is 0.0427. The second-order valence-electron chi connectivity index (χ2n) is 3.37. The van der Waals surface area contributed by atoms with Crippen LogP contribution in [-0.2, 0) is 6.18 Å². The molecule has 0 fully saturated rings. The zero-order valence-corrected chi connectivity index (χ0v) is 9.17. The lowest BCUT2D eigenvalue weighted by atomic mass is 10.3. The first kappa shape index (κ1) is 11.8. The smallest absolute Gasteiger partial charge is 0.267 e. The Labute approximate surface area is 97.7 Å². The van der Waals surface area contributed by atoms with E-state index in [4.69, 9.17) is 11.6 Å². The van der Waals surface area contributed by atoms with Crippen LogP contribution in [0.1, 0.15) is 11.3 Å². The number of fused-ring (bicyclic) bond motifs is 1. The molecule has 0 amide bonds. The van der Waals surface area contributed by atoms with Gasteiger partial charge >= 0.3 is 6.18 Å². The molecule has 2 aromatic rings. The van der Waals surface area contributed by atoms with Gasteiger partial charge in [-0.15, -0.1) is 0 Å². The van der Waals surface area contributed by atoms with Gasteiger partial charge in [-0.05, 0) is 18.6 Å². The van der Waals surface area contributed by atoms with Gasteiger partial charge in [-0.25, -0.2) is 4.98 Å². The van der Waals surface area contributed by atoms with Crippen LogP contribution in [0.4, 0.5) is 13.2 Å². The second kappa shape index (κ2) is 3.69. The maximum atomic E-state index is 12.4. The van der Waals surface area contributed by atoms with Gasteiger partial charge in [0.2, 0.25) is 0 Å². The Bertz CT molecular complexity index is 650. The highest BCUT2D eigenvalue weighted by Crippen LogP contribution is 2.26. The lowest BCUT2D eigenvalue weighted by Gasteiger charge is -2.07. The summed E-state index contributed by atoms with van der Waals surface area (Å²) in [4.78, 5) is 14.7. The van der Waals surface area contributed by atoms with Crippen molar-refractivity contribution in [1.82, 2.24) is 14.6 Å². The van der Waals surface area contributed by atoms with Crippen LogP contribution in [0.25, 0.3) is 5.65 Å². The predicted molar refractivity (Wildman–Crippen MR) is 54.0 cm³/mol. The monoisotopic (exact) mass is 263 g/mol. The van der Waals surface area contributed by atoms with Crippen LogP contribution in [0.3, 0.4) is 0 Å². The molecule has 0 spiro atoms. The fourth-order valence-electron chi connectivity index (χ4n) is 1.25. The van der Waals surface area contributed by atoms with Crippen molar-refractivity contribution in [3.05, 3.63) is 38.9 Å². The first-order valence-electron chi connectivity index (χ1n) is 4.43. The van der Waals surface area contributed by atoms with E-state index in [0.29, 0.717) is 11.6 Å². The highest BCUT2D eigenvalue weighted by atomic mass is 35.5. The quantitative estimate of drug-likeness (QED) is 0.731. The molecule has 0 aromatic carbocycles. The summed E-state index contributed by atoms with van der Waals surface area (Å²) in [6, 6.07) is 1.65. The third kappa shape index (κ3) is 2.10. The Hall–Kier alpha value is -1.63. The van der Waals surface area contributed by atoms with Gasteiger partial charge < -0.3 is 0 Å². The third-order valence-electron chi connectivity index (χ3n) is 2.07. The second-order valence-corrected chi connectivity index (χ2v) is 3.72. The SMILES string of the molecule is Cc1cc2nc(C(F)(F)F)cc(=O)n2nc1Cl. The van der Waals surface area contributed by atoms with E-state index in [1.807, 2.05) is 0 Å². The molecule has 0 bridgehead atoms. The van der Waals surface area contributed by atoms with Crippen molar-refractivity contribution in [2.45, 2.75) is 13.1 Å². The van der Waals surface area contributed by atoms with Crippen molar-refractivity contribution in [2.24, 2.45) is 0 Å². The predicted octanol–water partition coefficient (Wildman–Crippen LogP) is 2.07. The molecule has 0 saturated carbocycles. The number of nitrogens with zero attached hydrogens (tertiary/aromatic N) is 3. The molecule has 0 aliphatic carbocycles. The number of hydrogen-bond donors (Lipinski definition) is 0. The zero-order chi connectivity index (χ0) is 12.8. The van der Waals surface area contributed by atoms with Crippen molar-refractivity contribution in [2.75, 3.05) is 0 Å². The molecule has 90 valence electrons. The molecular formula is C9H5ClF3N3O. The molecule has 0 radical (unpaired) electrons. The number of rotatable bonds is 0. The Morgan fingerprint density at radius 1 is 1.35 bits per heavy atom. The number of aryl methyl sites for hydroxylation is 1. The van der Waals surface area contributed by atoms with Crippen LogP contribution < -0.4 is 5.56 Å². The fraction of sp³-hybridized carbons (Fsp3) is 0.222. The number of halogens is 4. The maximum absolute atomic E-state index is 12.4. The van der Waals surface area contributed by atoms with Crippen LogP contribution in [0.5, 0.6) is 0 Å². The highest BCUT2D eigenvalue weighted by molar-refractivity contribution is 6.30. The summed E-state index contributed by atoms with van der Waals surface area (Å²) in [6.45, 7) is 1.56. The molecule has 4 nitrogen and oxygen atoms in total. The summed E-state index contributed by atoms with van der Waals surface area (Å²) in [5.41, 5.74) is -1.92. The molecule has 0 saturated heterocycles. The van der Waals surface area contributed by atoms with Gasteiger partial charge in [0.1, 0.15) is 0 Å². The van der Waals surface area contributed by atoms with Gasteiger partial charge in [0.05, 0.1) is 0 Å². The summed E-state index contributed by atoms with van der Waals surface area (Å²) < 4.78 is 38.0. The molecule has 2 rings (SSSR count). The molecular weight excluding hydrogens is 259 g/mol. The zero-order valence-electron chi connectivity index (χ0n) is 8.42. The molecule has 8 heteroatoms. The van der Waals surface area contributed by atoms with E-state index in [9.17, 15) is 18.0 Å². The molecule has 2 heterocycles. The van der Waals surface area contributed by atoms with Crippen molar-refractivity contribution in [3.8, 4) is 0 Å². The topological polar surface area (TPSA) is 47.3 Å². The number of alkyl halides is 3. The molecule has 0 aliphatic rings. The molecule has 0 aliphatic heterocycles. The number of hydrogen-bond acceptors (Lipinski definition) is 3. The van der Waals surface area contributed by atoms with Crippen molar-refractivity contribution >= 4 is 17.2 Å². The summed E-state index contributed by atoms with van der Waals surface area (Å²) in [5, 5.41) is 3.68.